The maximum absolute atomic E-state index is 12.4. The second-order valence-corrected chi connectivity index (χ2v) is 6.11. The minimum atomic E-state index is -0.0880. The number of hydrogen-bond donors (Lipinski definition) is 1. The van der Waals surface area contributed by atoms with Gasteiger partial charge in [0.25, 0.3) is 5.91 Å². The van der Waals surface area contributed by atoms with Crippen molar-refractivity contribution in [3.05, 3.63) is 77.9 Å². The molecule has 128 valence electrons. The van der Waals surface area contributed by atoms with Gasteiger partial charge in [-0.05, 0) is 49.5 Å². The van der Waals surface area contributed by atoms with Crippen molar-refractivity contribution < 1.29 is 4.79 Å². The Labute approximate surface area is 147 Å². The van der Waals surface area contributed by atoms with Crippen molar-refractivity contribution in [1.29, 1.82) is 0 Å². The van der Waals surface area contributed by atoms with Crippen LogP contribution < -0.4 is 5.32 Å². The second-order valence-electron chi connectivity index (χ2n) is 6.11. The molecule has 0 aliphatic heterocycles. The Morgan fingerprint density at radius 2 is 1.64 bits per heavy atom. The fourth-order valence-electron chi connectivity index (χ4n) is 2.62. The monoisotopic (exact) mass is 335 g/mol. The molecule has 0 unspecified atom stereocenters. The summed E-state index contributed by atoms with van der Waals surface area (Å²) in [5, 5.41) is 10.6. The minimum Gasteiger partial charge on any atom is -0.348 e. The first kappa shape index (κ1) is 16.9. The molecule has 3 aromatic rings. The number of rotatable bonds is 6. The van der Waals surface area contributed by atoms with E-state index < -0.39 is 0 Å². The highest BCUT2D eigenvalue weighted by molar-refractivity contribution is 5.94. The number of carbonyl (C=O) groups is 1. The average molecular weight is 335 g/mol. The Hall–Kier alpha value is -2.99. The zero-order chi connectivity index (χ0) is 17.6. The van der Waals surface area contributed by atoms with Crippen LogP contribution in [0.1, 0.15) is 21.5 Å². The van der Waals surface area contributed by atoms with E-state index in [0.29, 0.717) is 12.1 Å². The Morgan fingerprint density at radius 1 is 1.00 bits per heavy atom. The SMILES string of the molecule is CN(C)Cc1ccccc1CNC(=O)c1ccc(-n2cnnc2)cc1. The highest BCUT2D eigenvalue weighted by Gasteiger charge is 2.08. The van der Waals surface area contributed by atoms with Gasteiger partial charge >= 0.3 is 0 Å². The Kier molecular flexibility index (Phi) is 5.20. The molecule has 0 bridgehead atoms. The molecule has 25 heavy (non-hydrogen) atoms. The molecular weight excluding hydrogens is 314 g/mol. The molecular formula is C19H21N5O. The maximum Gasteiger partial charge on any atom is 0.251 e. The third-order valence-corrected chi connectivity index (χ3v) is 3.89. The molecule has 2 aromatic carbocycles. The quantitative estimate of drug-likeness (QED) is 0.750. The number of nitrogens with zero attached hydrogens (tertiary/aromatic N) is 4. The van der Waals surface area contributed by atoms with E-state index in [1.807, 2.05) is 44.4 Å². The lowest BCUT2D eigenvalue weighted by atomic mass is 10.1. The summed E-state index contributed by atoms with van der Waals surface area (Å²) in [4.78, 5) is 14.5. The van der Waals surface area contributed by atoms with Gasteiger partial charge in [-0.25, -0.2) is 0 Å². The van der Waals surface area contributed by atoms with Crippen LogP contribution in [0.4, 0.5) is 0 Å². The van der Waals surface area contributed by atoms with E-state index in [1.54, 1.807) is 29.4 Å². The summed E-state index contributed by atoms with van der Waals surface area (Å²) in [6.45, 7) is 1.36. The maximum atomic E-state index is 12.4. The van der Waals surface area contributed by atoms with E-state index in [2.05, 4.69) is 26.5 Å². The van der Waals surface area contributed by atoms with Gasteiger partial charge in [0.1, 0.15) is 12.7 Å². The van der Waals surface area contributed by atoms with Gasteiger partial charge in [-0.15, -0.1) is 10.2 Å². The summed E-state index contributed by atoms with van der Waals surface area (Å²) in [5.74, 6) is -0.0880. The third-order valence-electron chi connectivity index (χ3n) is 3.89. The van der Waals surface area contributed by atoms with Crippen molar-refractivity contribution in [2.75, 3.05) is 14.1 Å². The van der Waals surface area contributed by atoms with Crippen LogP contribution in [0, 0.1) is 0 Å². The van der Waals surface area contributed by atoms with Crippen molar-refractivity contribution in [3.8, 4) is 5.69 Å². The largest absolute Gasteiger partial charge is 0.348 e. The van der Waals surface area contributed by atoms with Gasteiger partial charge in [0.15, 0.2) is 0 Å². The van der Waals surface area contributed by atoms with Crippen molar-refractivity contribution in [3.63, 3.8) is 0 Å². The summed E-state index contributed by atoms with van der Waals surface area (Å²) in [5.41, 5.74) is 3.89. The Balaban J connectivity index is 1.65. The first-order valence-corrected chi connectivity index (χ1v) is 8.08. The predicted molar refractivity (Wildman–Crippen MR) is 96.4 cm³/mol. The first-order chi connectivity index (χ1) is 12.1. The van der Waals surface area contributed by atoms with Crippen LogP contribution in [0.3, 0.4) is 0 Å². The smallest absolute Gasteiger partial charge is 0.251 e. The number of hydrogen-bond acceptors (Lipinski definition) is 4. The van der Waals surface area contributed by atoms with E-state index in [0.717, 1.165) is 17.8 Å². The predicted octanol–water partition coefficient (Wildman–Crippen LogP) is 2.26. The lowest BCUT2D eigenvalue weighted by Crippen LogP contribution is -2.24. The molecule has 1 N–H and O–H groups in total. The van der Waals surface area contributed by atoms with E-state index in [1.165, 1.54) is 5.56 Å². The molecule has 3 rings (SSSR count). The topological polar surface area (TPSA) is 63.1 Å². The molecule has 6 nitrogen and oxygen atoms in total. The van der Waals surface area contributed by atoms with Gasteiger partial charge in [-0.1, -0.05) is 24.3 Å². The van der Waals surface area contributed by atoms with Gasteiger partial charge in [0, 0.05) is 24.3 Å². The zero-order valence-corrected chi connectivity index (χ0v) is 14.4. The fraction of sp³-hybridized carbons (Fsp3) is 0.211. The normalized spacial score (nSPS) is 10.8. The average Bonchev–Trinajstić information content (AvgIpc) is 3.15. The van der Waals surface area contributed by atoms with Gasteiger partial charge < -0.3 is 10.2 Å². The van der Waals surface area contributed by atoms with Crippen LogP contribution in [0.15, 0.2) is 61.2 Å². The lowest BCUT2D eigenvalue weighted by Gasteiger charge is -2.14. The number of amides is 1. The molecule has 0 atom stereocenters. The fourth-order valence-corrected chi connectivity index (χ4v) is 2.62. The van der Waals surface area contributed by atoms with Gasteiger partial charge in [0.05, 0.1) is 0 Å². The Bertz CT molecular complexity index is 825. The Morgan fingerprint density at radius 3 is 2.28 bits per heavy atom. The van der Waals surface area contributed by atoms with Crippen molar-refractivity contribution in [1.82, 2.24) is 25.0 Å². The third kappa shape index (κ3) is 4.30. The van der Waals surface area contributed by atoms with Gasteiger partial charge in [0.2, 0.25) is 0 Å². The second kappa shape index (κ2) is 7.72. The summed E-state index contributed by atoms with van der Waals surface area (Å²) >= 11 is 0. The molecule has 0 aliphatic rings. The van der Waals surface area contributed by atoms with Crippen molar-refractivity contribution >= 4 is 5.91 Å². The molecule has 6 heteroatoms. The number of benzene rings is 2. The van der Waals surface area contributed by atoms with E-state index in [-0.39, 0.29) is 5.91 Å². The standard InChI is InChI=1S/C19H21N5O/c1-23(2)12-17-6-4-3-5-16(17)11-20-19(25)15-7-9-18(10-8-15)24-13-21-22-14-24/h3-10,13-14H,11-12H2,1-2H3,(H,20,25). The van der Waals surface area contributed by atoms with Crippen LogP contribution in [0.25, 0.3) is 5.69 Å². The minimum absolute atomic E-state index is 0.0880. The molecule has 0 saturated heterocycles. The van der Waals surface area contributed by atoms with Crippen LogP contribution in [0.2, 0.25) is 0 Å². The molecule has 1 amide bonds. The van der Waals surface area contributed by atoms with E-state index >= 15 is 0 Å². The highest BCUT2D eigenvalue weighted by atomic mass is 16.1. The van der Waals surface area contributed by atoms with Crippen LogP contribution in [-0.2, 0) is 13.1 Å². The highest BCUT2D eigenvalue weighted by Crippen LogP contribution is 2.12. The number of aromatic nitrogens is 3. The number of nitrogens with one attached hydrogen (secondary N) is 1. The zero-order valence-electron chi connectivity index (χ0n) is 14.4. The first-order valence-electron chi connectivity index (χ1n) is 8.08. The summed E-state index contributed by atoms with van der Waals surface area (Å²) in [6.07, 6.45) is 3.24. The van der Waals surface area contributed by atoms with Crippen molar-refractivity contribution in [2.24, 2.45) is 0 Å². The summed E-state index contributed by atoms with van der Waals surface area (Å²) in [6, 6.07) is 15.5. The molecule has 0 aliphatic carbocycles. The number of carbonyl (C=O) groups excluding carboxylic acids is 1. The molecule has 0 saturated carbocycles. The summed E-state index contributed by atoms with van der Waals surface area (Å²) in [7, 11) is 4.07. The molecule has 0 radical (unpaired) electrons. The summed E-state index contributed by atoms with van der Waals surface area (Å²) < 4.78 is 1.79. The van der Waals surface area contributed by atoms with Crippen LogP contribution in [0.5, 0.6) is 0 Å². The molecule has 0 spiro atoms. The van der Waals surface area contributed by atoms with Gasteiger partial charge in [-0.2, -0.15) is 0 Å². The van der Waals surface area contributed by atoms with Crippen molar-refractivity contribution in [2.45, 2.75) is 13.1 Å². The van der Waals surface area contributed by atoms with Gasteiger partial charge in [-0.3, -0.25) is 9.36 Å². The molecule has 1 aromatic heterocycles. The van der Waals surface area contributed by atoms with Crippen LogP contribution in [-0.4, -0.2) is 39.7 Å². The molecule has 0 fully saturated rings. The molecule has 1 heterocycles. The van der Waals surface area contributed by atoms with Crippen LogP contribution >= 0.6 is 0 Å². The van der Waals surface area contributed by atoms with E-state index in [9.17, 15) is 4.79 Å². The lowest BCUT2D eigenvalue weighted by molar-refractivity contribution is 0.0951. The van der Waals surface area contributed by atoms with E-state index in [4.69, 9.17) is 0 Å².